The van der Waals surface area contributed by atoms with Gasteiger partial charge in [0.2, 0.25) is 0 Å². The summed E-state index contributed by atoms with van der Waals surface area (Å²) >= 11 is 0. The molecule has 3 heterocycles. The highest BCUT2D eigenvalue weighted by molar-refractivity contribution is 5.94. The molecule has 0 bridgehead atoms. The van der Waals surface area contributed by atoms with Gasteiger partial charge in [0, 0.05) is 49.7 Å². The largest absolute Gasteiger partial charge is 0.493 e. The van der Waals surface area contributed by atoms with Gasteiger partial charge in [0.05, 0.1) is 12.8 Å². The van der Waals surface area contributed by atoms with E-state index in [0.29, 0.717) is 43.2 Å². The van der Waals surface area contributed by atoms with Crippen molar-refractivity contribution < 1.29 is 19.1 Å². The van der Waals surface area contributed by atoms with Gasteiger partial charge in [0.25, 0.3) is 5.91 Å². The fourth-order valence-electron chi connectivity index (χ4n) is 3.59. The predicted molar refractivity (Wildman–Crippen MR) is 123 cm³/mol. The van der Waals surface area contributed by atoms with E-state index in [1.165, 1.54) is 14.0 Å². The van der Waals surface area contributed by atoms with Crippen LogP contribution in [0.1, 0.15) is 17.3 Å². The first-order chi connectivity index (χ1) is 16.0. The fourth-order valence-corrected chi connectivity index (χ4v) is 3.59. The topological polar surface area (TPSA) is 97.8 Å². The van der Waals surface area contributed by atoms with Crippen molar-refractivity contribution in [3.63, 3.8) is 0 Å². The van der Waals surface area contributed by atoms with Crippen LogP contribution < -0.4 is 14.4 Å². The summed E-state index contributed by atoms with van der Waals surface area (Å²) in [6.07, 6.45) is 3.45. The van der Waals surface area contributed by atoms with Gasteiger partial charge in [-0.1, -0.05) is 0 Å². The molecule has 1 aliphatic rings. The highest BCUT2D eigenvalue weighted by Crippen LogP contribution is 2.28. The minimum atomic E-state index is -0.105. The van der Waals surface area contributed by atoms with Crippen LogP contribution in [0.25, 0.3) is 11.3 Å². The second-order valence-electron chi connectivity index (χ2n) is 7.59. The molecule has 0 radical (unpaired) electrons. The zero-order valence-electron chi connectivity index (χ0n) is 18.6. The van der Waals surface area contributed by atoms with Crippen molar-refractivity contribution in [2.24, 2.45) is 0 Å². The monoisotopic (exact) mass is 447 g/mol. The number of carbonyl (C=O) groups excluding carboxylic acids is 2. The number of aromatic nitrogens is 3. The number of hydrogen-bond donors (Lipinski definition) is 0. The van der Waals surface area contributed by atoms with Crippen LogP contribution in [0.3, 0.4) is 0 Å². The Balaban J connectivity index is 1.30. The number of anilines is 1. The summed E-state index contributed by atoms with van der Waals surface area (Å²) in [7, 11) is 1.50. The van der Waals surface area contributed by atoms with Crippen molar-refractivity contribution in [1.82, 2.24) is 20.1 Å². The molecule has 0 atom stereocenters. The van der Waals surface area contributed by atoms with Crippen LogP contribution in [-0.4, -0.2) is 71.7 Å². The summed E-state index contributed by atoms with van der Waals surface area (Å²) in [5.74, 6) is 1.47. The molecule has 1 fully saturated rings. The van der Waals surface area contributed by atoms with Crippen molar-refractivity contribution in [1.29, 1.82) is 0 Å². The zero-order chi connectivity index (χ0) is 23.2. The Labute approximate surface area is 192 Å². The third-order valence-corrected chi connectivity index (χ3v) is 5.50. The zero-order valence-corrected chi connectivity index (χ0v) is 18.6. The standard InChI is InChI=1S/C24H25N5O4/c1-17(30)19-3-5-21(22(15-19)32-2)33-16-24(31)29-13-11-28(12-14-29)23-6-4-20(26-27-23)18-7-9-25-10-8-18/h3-10,15H,11-14,16H2,1-2H3. The molecule has 2 aromatic heterocycles. The Kier molecular flexibility index (Phi) is 6.77. The van der Waals surface area contributed by atoms with Crippen LogP contribution in [0.4, 0.5) is 5.82 Å². The molecule has 9 nitrogen and oxygen atoms in total. The van der Waals surface area contributed by atoms with Crippen LogP contribution in [0.2, 0.25) is 0 Å². The Morgan fingerprint density at radius 2 is 1.70 bits per heavy atom. The summed E-state index contributed by atoms with van der Waals surface area (Å²) in [6.45, 7) is 3.83. The third-order valence-electron chi connectivity index (χ3n) is 5.50. The Morgan fingerprint density at radius 3 is 2.33 bits per heavy atom. The van der Waals surface area contributed by atoms with Crippen LogP contribution >= 0.6 is 0 Å². The number of piperazine rings is 1. The molecule has 0 aliphatic carbocycles. The molecule has 0 unspecified atom stereocenters. The summed E-state index contributed by atoms with van der Waals surface area (Å²) in [5, 5.41) is 8.67. The predicted octanol–water partition coefficient (Wildman–Crippen LogP) is 2.48. The molecular formula is C24H25N5O4. The van der Waals surface area contributed by atoms with E-state index in [9.17, 15) is 9.59 Å². The summed E-state index contributed by atoms with van der Waals surface area (Å²) in [6, 6.07) is 12.6. The van der Waals surface area contributed by atoms with Crippen molar-refractivity contribution in [2.75, 3.05) is 44.8 Å². The molecular weight excluding hydrogens is 422 g/mol. The van der Waals surface area contributed by atoms with Crippen molar-refractivity contribution in [2.45, 2.75) is 6.92 Å². The van der Waals surface area contributed by atoms with Crippen molar-refractivity contribution in [3.8, 4) is 22.8 Å². The van der Waals surface area contributed by atoms with Crippen LogP contribution in [0, 0.1) is 0 Å². The molecule has 33 heavy (non-hydrogen) atoms. The van der Waals surface area contributed by atoms with E-state index in [2.05, 4.69) is 20.1 Å². The highest BCUT2D eigenvalue weighted by atomic mass is 16.5. The quantitative estimate of drug-likeness (QED) is 0.510. The lowest BCUT2D eigenvalue weighted by molar-refractivity contribution is -0.133. The van der Waals surface area contributed by atoms with Gasteiger partial charge in [-0.25, -0.2) is 0 Å². The number of amides is 1. The summed E-state index contributed by atoms with van der Waals surface area (Å²) < 4.78 is 11.0. The van der Waals surface area contributed by atoms with Crippen molar-refractivity contribution in [3.05, 3.63) is 60.4 Å². The number of ketones is 1. The Hall–Kier alpha value is -4.01. The summed E-state index contributed by atoms with van der Waals surface area (Å²) in [5.41, 5.74) is 2.28. The lowest BCUT2D eigenvalue weighted by atomic mass is 10.1. The fraction of sp³-hybridized carbons (Fsp3) is 0.292. The van der Waals surface area contributed by atoms with Gasteiger partial charge in [0.15, 0.2) is 29.7 Å². The first kappa shape index (κ1) is 22.2. The summed E-state index contributed by atoms with van der Waals surface area (Å²) in [4.78, 5) is 32.1. The first-order valence-corrected chi connectivity index (χ1v) is 10.6. The number of hydrogen-bond acceptors (Lipinski definition) is 8. The van der Waals surface area contributed by atoms with E-state index in [-0.39, 0.29) is 18.3 Å². The third kappa shape index (κ3) is 5.25. The van der Waals surface area contributed by atoms with E-state index in [4.69, 9.17) is 9.47 Å². The molecule has 1 amide bonds. The maximum Gasteiger partial charge on any atom is 0.260 e. The SMILES string of the molecule is COc1cc(C(C)=O)ccc1OCC(=O)N1CCN(c2ccc(-c3ccncc3)nn2)CC1. The van der Waals surface area contributed by atoms with E-state index in [0.717, 1.165) is 17.1 Å². The number of Topliss-reactive ketones (excluding diaryl/α,β-unsaturated/α-hetero) is 1. The molecule has 1 aliphatic heterocycles. The van der Waals surface area contributed by atoms with Gasteiger partial charge in [-0.2, -0.15) is 0 Å². The normalized spacial score (nSPS) is 13.5. The average molecular weight is 447 g/mol. The molecule has 0 saturated carbocycles. The molecule has 1 aromatic carbocycles. The van der Waals surface area contributed by atoms with Gasteiger partial charge < -0.3 is 19.3 Å². The Morgan fingerprint density at radius 1 is 0.939 bits per heavy atom. The van der Waals surface area contributed by atoms with Gasteiger partial charge >= 0.3 is 0 Å². The number of pyridine rings is 1. The lowest BCUT2D eigenvalue weighted by Gasteiger charge is -2.35. The minimum Gasteiger partial charge on any atom is -0.493 e. The van der Waals surface area contributed by atoms with E-state index in [1.807, 2.05) is 24.3 Å². The number of rotatable bonds is 7. The average Bonchev–Trinajstić information content (AvgIpc) is 2.87. The number of nitrogens with zero attached hydrogens (tertiary/aromatic N) is 5. The van der Waals surface area contributed by atoms with E-state index < -0.39 is 0 Å². The van der Waals surface area contributed by atoms with Gasteiger partial charge in [-0.3, -0.25) is 14.6 Å². The van der Waals surface area contributed by atoms with Gasteiger partial charge in [0.1, 0.15) is 0 Å². The van der Waals surface area contributed by atoms with Crippen LogP contribution in [-0.2, 0) is 4.79 Å². The minimum absolute atomic E-state index is 0.0644. The number of benzene rings is 1. The number of carbonyl (C=O) groups is 2. The smallest absolute Gasteiger partial charge is 0.260 e. The molecule has 3 aromatic rings. The van der Waals surface area contributed by atoms with Gasteiger partial charge in [-0.05, 0) is 49.4 Å². The maximum absolute atomic E-state index is 12.6. The van der Waals surface area contributed by atoms with E-state index >= 15 is 0 Å². The first-order valence-electron chi connectivity index (χ1n) is 10.6. The molecule has 0 N–H and O–H groups in total. The molecule has 170 valence electrons. The second-order valence-corrected chi connectivity index (χ2v) is 7.59. The maximum atomic E-state index is 12.6. The molecule has 0 spiro atoms. The van der Waals surface area contributed by atoms with Crippen LogP contribution in [0.15, 0.2) is 54.9 Å². The second kappa shape index (κ2) is 10.1. The molecule has 9 heteroatoms. The van der Waals surface area contributed by atoms with E-state index in [1.54, 1.807) is 35.5 Å². The highest BCUT2D eigenvalue weighted by Gasteiger charge is 2.23. The van der Waals surface area contributed by atoms with Crippen LogP contribution in [0.5, 0.6) is 11.5 Å². The molecule has 1 saturated heterocycles. The Bertz CT molecular complexity index is 1110. The number of ether oxygens (including phenoxy) is 2. The molecule has 4 rings (SSSR count). The van der Waals surface area contributed by atoms with Gasteiger partial charge in [-0.15, -0.1) is 10.2 Å². The van der Waals surface area contributed by atoms with Crippen molar-refractivity contribution >= 4 is 17.5 Å². The number of methoxy groups -OCH3 is 1. The lowest BCUT2D eigenvalue weighted by Crippen LogP contribution is -2.50.